The van der Waals surface area contributed by atoms with Crippen LogP contribution in [-0.4, -0.2) is 39.2 Å². The fraction of sp³-hybridized carbons (Fsp3) is 0.300. The Kier molecular flexibility index (Phi) is 5.61. The van der Waals surface area contributed by atoms with Gasteiger partial charge in [-0.1, -0.05) is 0 Å². The van der Waals surface area contributed by atoms with Gasteiger partial charge in [0.15, 0.2) is 17.5 Å². The number of carbonyl (C=O) groups is 2. The average Bonchev–Trinajstić information content (AvgIpc) is 2.99. The Morgan fingerprint density at radius 2 is 1.67 bits per heavy atom. The van der Waals surface area contributed by atoms with Crippen molar-refractivity contribution in [1.82, 2.24) is 0 Å². The minimum atomic E-state index is -0.437. The first-order valence-corrected chi connectivity index (χ1v) is 8.62. The largest absolute Gasteiger partial charge is 0.497 e. The third-order valence-electron chi connectivity index (χ3n) is 4.60. The molecule has 0 spiro atoms. The predicted molar refractivity (Wildman–Crippen MR) is 99.1 cm³/mol. The van der Waals surface area contributed by atoms with Crippen molar-refractivity contribution < 1.29 is 29.1 Å². The van der Waals surface area contributed by atoms with Crippen LogP contribution in [0.5, 0.6) is 17.2 Å². The fourth-order valence-electron chi connectivity index (χ4n) is 3.13. The van der Waals surface area contributed by atoms with Crippen molar-refractivity contribution in [2.45, 2.75) is 19.0 Å². The van der Waals surface area contributed by atoms with Crippen LogP contribution in [0.3, 0.4) is 0 Å². The number of quaternary nitrogens is 1. The van der Waals surface area contributed by atoms with Gasteiger partial charge in [0, 0.05) is 5.56 Å². The summed E-state index contributed by atoms with van der Waals surface area (Å²) in [6, 6.07) is 12.1. The van der Waals surface area contributed by atoms with Gasteiger partial charge in [-0.05, 0) is 42.5 Å². The molecular formula is C20H23N2O5+. The van der Waals surface area contributed by atoms with Crippen molar-refractivity contribution in [2.24, 2.45) is 0 Å². The number of hydrogen-bond acceptors (Lipinski definition) is 5. The molecule has 7 nitrogen and oxygen atoms in total. The van der Waals surface area contributed by atoms with E-state index in [-0.39, 0.29) is 18.2 Å². The zero-order chi connectivity index (χ0) is 19.4. The monoisotopic (exact) mass is 371 g/mol. The molecule has 2 aromatic rings. The lowest BCUT2D eigenvalue weighted by molar-refractivity contribution is -0.690. The number of anilines is 1. The number of amides is 2. The number of rotatable bonds is 7. The summed E-state index contributed by atoms with van der Waals surface area (Å²) in [6.07, 6.45) is 0.179. The van der Waals surface area contributed by atoms with Crippen molar-refractivity contribution in [3.63, 3.8) is 0 Å². The molecule has 0 unspecified atom stereocenters. The Morgan fingerprint density at radius 3 is 2.30 bits per heavy atom. The van der Waals surface area contributed by atoms with Gasteiger partial charge < -0.3 is 19.5 Å². The lowest BCUT2D eigenvalue weighted by atomic mass is 10.1. The molecule has 142 valence electrons. The predicted octanol–water partition coefficient (Wildman–Crippen LogP) is 1.11. The number of methoxy groups -OCH3 is 3. The Balaban J connectivity index is 1.68. The van der Waals surface area contributed by atoms with E-state index in [0.29, 0.717) is 29.5 Å². The highest BCUT2D eigenvalue weighted by Crippen LogP contribution is 2.27. The van der Waals surface area contributed by atoms with Gasteiger partial charge in [-0.15, -0.1) is 0 Å². The molecule has 1 aliphatic rings. The molecule has 3 rings (SSSR count). The van der Waals surface area contributed by atoms with E-state index in [9.17, 15) is 9.59 Å². The third kappa shape index (κ3) is 3.88. The summed E-state index contributed by atoms with van der Waals surface area (Å²) in [5, 5.41) is 1.88. The Morgan fingerprint density at radius 1 is 0.963 bits per heavy atom. The molecule has 7 heteroatoms. The number of imide groups is 1. The standard InChI is InChI=1S/C20H22N2O5/c1-25-15-7-5-14(6-8-15)22-19(23)11-16(20(22)24)21-12-13-4-9-17(26-2)18(10-13)27-3/h4-10,16,21H,11-12H2,1-3H3/p+1/t16-/m0/s1. The third-order valence-corrected chi connectivity index (χ3v) is 4.60. The molecule has 2 aromatic carbocycles. The number of benzene rings is 2. The van der Waals surface area contributed by atoms with Crippen LogP contribution in [0, 0.1) is 0 Å². The summed E-state index contributed by atoms with van der Waals surface area (Å²) >= 11 is 0. The van der Waals surface area contributed by atoms with Crippen LogP contribution >= 0.6 is 0 Å². The molecule has 1 heterocycles. The van der Waals surface area contributed by atoms with Crippen molar-refractivity contribution in [1.29, 1.82) is 0 Å². The Labute approximate surface area is 157 Å². The van der Waals surface area contributed by atoms with Crippen LogP contribution in [0.1, 0.15) is 12.0 Å². The average molecular weight is 371 g/mol. The van der Waals surface area contributed by atoms with Crippen LogP contribution in [0.25, 0.3) is 0 Å². The number of ether oxygens (including phenoxy) is 3. The minimum absolute atomic E-state index is 0.179. The van der Waals surface area contributed by atoms with Gasteiger partial charge in [-0.2, -0.15) is 0 Å². The van der Waals surface area contributed by atoms with Crippen LogP contribution in [0.4, 0.5) is 5.69 Å². The highest BCUT2D eigenvalue weighted by atomic mass is 16.5. The maximum atomic E-state index is 12.7. The van der Waals surface area contributed by atoms with Gasteiger partial charge in [0.1, 0.15) is 12.3 Å². The van der Waals surface area contributed by atoms with E-state index in [0.717, 1.165) is 5.56 Å². The first kappa shape index (κ1) is 18.7. The molecular weight excluding hydrogens is 348 g/mol. The molecule has 2 amide bonds. The minimum Gasteiger partial charge on any atom is -0.497 e. The highest BCUT2D eigenvalue weighted by Gasteiger charge is 2.42. The van der Waals surface area contributed by atoms with Crippen LogP contribution in [0.2, 0.25) is 0 Å². The summed E-state index contributed by atoms with van der Waals surface area (Å²) in [5.74, 6) is 1.56. The molecule has 0 aliphatic carbocycles. The van der Waals surface area contributed by atoms with Gasteiger partial charge >= 0.3 is 0 Å². The molecule has 27 heavy (non-hydrogen) atoms. The van der Waals surface area contributed by atoms with Crippen molar-refractivity contribution in [3.8, 4) is 17.2 Å². The van der Waals surface area contributed by atoms with Gasteiger partial charge in [-0.3, -0.25) is 9.59 Å². The quantitative estimate of drug-likeness (QED) is 0.738. The summed E-state index contributed by atoms with van der Waals surface area (Å²) in [4.78, 5) is 26.3. The van der Waals surface area contributed by atoms with E-state index in [1.54, 1.807) is 45.6 Å². The Hall–Kier alpha value is -3.06. The zero-order valence-electron chi connectivity index (χ0n) is 15.6. The second-order valence-electron chi connectivity index (χ2n) is 6.21. The van der Waals surface area contributed by atoms with E-state index >= 15 is 0 Å². The molecule has 0 saturated carbocycles. The van der Waals surface area contributed by atoms with E-state index in [1.807, 2.05) is 23.5 Å². The molecule has 0 aromatic heterocycles. The molecule has 0 radical (unpaired) electrons. The lowest BCUT2D eigenvalue weighted by Crippen LogP contribution is -2.90. The second kappa shape index (κ2) is 8.09. The topological polar surface area (TPSA) is 81.7 Å². The van der Waals surface area contributed by atoms with Gasteiger partial charge in [0.05, 0.1) is 33.4 Å². The fourth-order valence-corrected chi connectivity index (χ4v) is 3.13. The first-order valence-electron chi connectivity index (χ1n) is 8.62. The van der Waals surface area contributed by atoms with Crippen LogP contribution in [0.15, 0.2) is 42.5 Å². The van der Waals surface area contributed by atoms with Gasteiger partial charge in [0.25, 0.3) is 5.91 Å². The highest BCUT2D eigenvalue weighted by molar-refractivity contribution is 6.21. The zero-order valence-corrected chi connectivity index (χ0v) is 15.6. The van der Waals surface area contributed by atoms with Crippen molar-refractivity contribution in [3.05, 3.63) is 48.0 Å². The van der Waals surface area contributed by atoms with Crippen LogP contribution < -0.4 is 24.4 Å². The number of carbonyl (C=O) groups excluding carboxylic acids is 2. The summed E-state index contributed by atoms with van der Waals surface area (Å²) in [6.45, 7) is 0.556. The molecule has 1 fully saturated rings. The number of hydrogen-bond donors (Lipinski definition) is 1. The van der Waals surface area contributed by atoms with Crippen molar-refractivity contribution in [2.75, 3.05) is 26.2 Å². The van der Waals surface area contributed by atoms with Crippen LogP contribution in [-0.2, 0) is 16.1 Å². The first-order chi connectivity index (χ1) is 13.1. The summed E-state index contributed by atoms with van der Waals surface area (Å²) < 4.78 is 15.6. The Bertz CT molecular complexity index is 835. The van der Waals surface area contributed by atoms with Gasteiger partial charge in [-0.25, -0.2) is 4.90 Å². The smallest absolute Gasteiger partial charge is 0.292 e. The number of nitrogens with two attached hydrogens (primary N) is 1. The SMILES string of the molecule is COc1ccc(N2C(=O)C[C@H]([NH2+]Cc3ccc(OC)c(OC)c3)C2=O)cc1. The summed E-state index contributed by atoms with van der Waals surface area (Å²) in [5.41, 5.74) is 1.55. The number of nitrogens with zero attached hydrogens (tertiary/aromatic N) is 1. The van der Waals surface area contributed by atoms with Gasteiger partial charge in [0.2, 0.25) is 5.91 Å². The van der Waals surface area contributed by atoms with Crippen molar-refractivity contribution >= 4 is 17.5 Å². The maximum absolute atomic E-state index is 12.7. The van der Waals surface area contributed by atoms with E-state index < -0.39 is 6.04 Å². The summed E-state index contributed by atoms with van der Waals surface area (Å²) in [7, 11) is 4.73. The van der Waals surface area contributed by atoms with E-state index in [4.69, 9.17) is 14.2 Å². The molecule has 1 atom stereocenters. The van der Waals surface area contributed by atoms with E-state index in [1.165, 1.54) is 4.90 Å². The molecule has 1 saturated heterocycles. The lowest BCUT2D eigenvalue weighted by Gasteiger charge is -2.15. The second-order valence-corrected chi connectivity index (χ2v) is 6.21. The van der Waals surface area contributed by atoms with E-state index in [2.05, 4.69) is 0 Å². The molecule has 0 bridgehead atoms. The molecule has 2 N–H and O–H groups in total. The maximum Gasteiger partial charge on any atom is 0.292 e. The molecule has 1 aliphatic heterocycles. The normalized spacial score (nSPS) is 16.6.